The topological polar surface area (TPSA) is 69.1 Å². The summed E-state index contributed by atoms with van der Waals surface area (Å²) in [5, 5.41) is 16.1. The minimum absolute atomic E-state index is 0.0122. The molecule has 1 atom stereocenters. The van der Waals surface area contributed by atoms with Gasteiger partial charge < -0.3 is 25.4 Å². The van der Waals surface area contributed by atoms with Gasteiger partial charge in [0.05, 0.1) is 13.2 Å². The molecule has 1 heterocycles. The number of aliphatic imine (C=N–C) groups is 1. The van der Waals surface area contributed by atoms with Crippen LogP contribution >= 0.6 is 0 Å². The maximum atomic E-state index is 9.34. The molecule has 0 aliphatic carbocycles. The Balaban J connectivity index is 1.95. The monoisotopic (exact) mass is 348 g/mol. The number of hydrogen-bond donors (Lipinski definition) is 3. The molecule has 1 saturated heterocycles. The number of anilines is 1. The third-order valence-corrected chi connectivity index (χ3v) is 4.67. The van der Waals surface area contributed by atoms with Gasteiger partial charge in [0.2, 0.25) is 0 Å². The fourth-order valence-corrected chi connectivity index (χ4v) is 2.99. The van der Waals surface area contributed by atoms with Crippen LogP contribution in [0.1, 0.15) is 25.3 Å². The van der Waals surface area contributed by atoms with E-state index in [0.717, 1.165) is 38.5 Å². The highest BCUT2D eigenvalue weighted by molar-refractivity contribution is 5.79. The van der Waals surface area contributed by atoms with Crippen LogP contribution in [0.15, 0.2) is 29.3 Å². The van der Waals surface area contributed by atoms with Crippen molar-refractivity contribution < 1.29 is 9.84 Å². The second-order valence-electron chi connectivity index (χ2n) is 6.89. The van der Waals surface area contributed by atoms with E-state index in [0.29, 0.717) is 13.2 Å². The van der Waals surface area contributed by atoms with Gasteiger partial charge in [0.25, 0.3) is 0 Å². The number of hydrogen-bond acceptors (Lipinski definition) is 4. The van der Waals surface area contributed by atoms with Crippen LogP contribution in [0.5, 0.6) is 0 Å². The van der Waals surface area contributed by atoms with Crippen LogP contribution in [0.25, 0.3) is 0 Å². The highest BCUT2D eigenvalue weighted by Crippen LogP contribution is 2.31. The van der Waals surface area contributed by atoms with Crippen LogP contribution in [0.3, 0.4) is 0 Å². The first-order valence-electron chi connectivity index (χ1n) is 9.05. The summed E-state index contributed by atoms with van der Waals surface area (Å²) in [6.45, 7) is 5.93. The normalized spacial score (nSPS) is 20.6. The Hall–Kier alpha value is -1.79. The Kier molecular flexibility index (Phi) is 7.52. The molecular formula is C19H32N4O2. The molecule has 6 heteroatoms. The van der Waals surface area contributed by atoms with Crippen molar-refractivity contribution in [2.24, 2.45) is 10.4 Å². The Morgan fingerprint density at radius 1 is 1.28 bits per heavy atom. The van der Waals surface area contributed by atoms with E-state index >= 15 is 0 Å². The molecule has 140 valence electrons. The molecule has 0 saturated carbocycles. The minimum Gasteiger partial charge on any atom is -0.396 e. The Labute approximate surface area is 151 Å². The van der Waals surface area contributed by atoms with Crippen molar-refractivity contribution in [1.82, 2.24) is 10.6 Å². The molecule has 1 fully saturated rings. The van der Waals surface area contributed by atoms with Crippen LogP contribution in [-0.2, 0) is 11.3 Å². The summed E-state index contributed by atoms with van der Waals surface area (Å²) >= 11 is 0. The molecule has 3 N–H and O–H groups in total. The van der Waals surface area contributed by atoms with Crippen molar-refractivity contribution in [3.8, 4) is 0 Å². The summed E-state index contributed by atoms with van der Waals surface area (Å²) < 4.78 is 5.55. The van der Waals surface area contributed by atoms with Gasteiger partial charge in [-0.05, 0) is 37.5 Å². The predicted octanol–water partition coefficient (Wildman–Crippen LogP) is 1.60. The maximum Gasteiger partial charge on any atom is 0.191 e. The zero-order valence-corrected chi connectivity index (χ0v) is 15.7. The fraction of sp³-hybridized carbons (Fsp3) is 0.632. The summed E-state index contributed by atoms with van der Waals surface area (Å²) in [5.74, 6) is 0.809. The van der Waals surface area contributed by atoms with E-state index in [1.807, 2.05) is 14.1 Å². The second-order valence-corrected chi connectivity index (χ2v) is 6.89. The van der Waals surface area contributed by atoms with Crippen LogP contribution in [0.2, 0.25) is 0 Å². The molecule has 0 amide bonds. The number of aliphatic hydroxyl groups excluding tert-OH is 1. The predicted molar refractivity (Wildman–Crippen MR) is 103 cm³/mol. The summed E-state index contributed by atoms with van der Waals surface area (Å²) in [4.78, 5) is 6.77. The van der Waals surface area contributed by atoms with Gasteiger partial charge in [-0.15, -0.1) is 0 Å². The lowest BCUT2D eigenvalue weighted by molar-refractivity contribution is 0.127. The molecule has 0 aromatic heterocycles. The van der Waals surface area contributed by atoms with Crippen LogP contribution in [0.4, 0.5) is 5.69 Å². The lowest BCUT2D eigenvalue weighted by Gasteiger charge is -2.27. The molecule has 25 heavy (non-hydrogen) atoms. The first-order chi connectivity index (χ1) is 12.1. The third-order valence-electron chi connectivity index (χ3n) is 4.67. The molecule has 0 spiro atoms. The van der Waals surface area contributed by atoms with Crippen molar-refractivity contribution in [3.63, 3.8) is 0 Å². The van der Waals surface area contributed by atoms with Gasteiger partial charge in [-0.1, -0.05) is 12.1 Å². The third kappa shape index (κ3) is 5.90. The van der Waals surface area contributed by atoms with Crippen molar-refractivity contribution in [1.29, 1.82) is 0 Å². The van der Waals surface area contributed by atoms with E-state index in [1.54, 1.807) is 0 Å². The minimum atomic E-state index is 0.0122. The van der Waals surface area contributed by atoms with Gasteiger partial charge in [-0.3, -0.25) is 0 Å². The maximum absolute atomic E-state index is 9.34. The van der Waals surface area contributed by atoms with E-state index in [9.17, 15) is 5.11 Å². The van der Waals surface area contributed by atoms with Crippen molar-refractivity contribution in [2.45, 2.75) is 26.3 Å². The van der Waals surface area contributed by atoms with Crippen LogP contribution in [0, 0.1) is 5.41 Å². The molecular weight excluding hydrogens is 316 g/mol. The van der Waals surface area contributed by atoms with Crippen LogP contribution in [-0.4, -0.2) is 58.1 Å². The Morgan fingerprint density at radius 3 is 2.60 bits per heavy atom. The number of nitrogens with one attached hydrogen (secondary N) is 2. The first-order valence-corrected chi connectivity index (χ1v) is 9.05. The average Bonchev–Trinajstić information content (AvgIpc) is 3.07. The van der Waals surface area contributed by atoms with Crippen LogP contribution < -0.4 is 15.5 Å². The second kappa shape index (κ2) is 9.63. The highest BCUT2D eigenvalue weighted by Gasteiger charge is 2.34. The average molecular weight is 348 g/mol. The number of aliphatic hydroxyl groups is 1. The first kappa shape index (κ1) is 19.5. The highest BCUT2D eigenvalue weighted by atomic mass is 16.5. The number of benzene rings is 1. The van der Waals surface area contributed by atoms with Crippen molar-refractivity contribution in [3.05, 3.63) is 29.8 Å². The zero-order chi connectivity index (χ0) is 18.1. The largest absolute Gasteiger partial charge is 0.396 e. The number of nitrogens with zero attached hydrogens (tertiary/aromatic N) is 2. The van der Waals surface area contributed by atoms with E-state index in [4.69, 9.17) is 4.74 Å². The van der Waals surface area contributed by atoms with Crippen molar-refractivity contribution >= 4 is 11.6 Å². The van der Waals surface area contributed by atoms with Gasteiger partial charge in [0.1, 0.15) is 0 Å². The van der Waals surface area contributed by atoms with E-state index in [1.165, 1.54) is 11.3 Å². The molecule has 1 aromatic carbocycles. The Morgan fingerprint density at radius 2 is 2.04 bits per heavy atom. The summed E-state index contributed by atoms with van der Waals surface area (Å²) in [6, 6.07) is 8.44. The summed E-state index contributed by atoms with van der Waals surface area (Å²) in [5.41, 5.74) is 2.38. The molecule has 1 aromatic rings. The Bertz CT molecular complexity index is 537. The lowest BCUT2D eigenvalue weighted by Crippen LogP contribution is -2.44. The van der Waals surface area contributed by atoms with E-state index in [-0.39, 0.29) is 12.0 Å². The molecule has 0 bridgehead atoms. The zero-order valence-electron chi connectivity index (χ0n) is 15.7. The standard InChI is InChI=1S/C19H32N4O2/c1-4-20-18(22-14-19(9-11-24)10-12-25-15-19)21-13-16-5-7-17(8-6-16)23(2)3/h5-8,24H,4,9-15H2,1-3H3,(H2,20,21,22). The quantitative estimate of drug-likeness (QED) is 0.492. The van der Waals surface area contributed by atoms with Gasteiger partial charge in [-0.25, -0.2) is 4.99 Å². The molecule has 1 unspecified atom stereocenters. The van der Waals surface area contributed by atoms with Gasteiger partial charge in [-0.2, -0.15) is 0 Å². The molecule has 6 nitrogen and oxygen atoms in total. The number of rotatable bonds is 8. The number of ether oxygens (including phenoxy) is 1. The summed E-state index contributed by atoms with van der Waals surface area (Å²) in [6.07, 6.45) is 1.73. The van der Waals surface area contributed by atoms with Gasteiger partial charge in [0, 0.05) is 51.5 Å². The SMILES string of the molecule is CCNC(=NCc1ccc(N(C)C)cc1)NCC1(CCO)CCOC1. The van der Waals surface area contributed by atoms with Crippen molar-refractivity contribution in [2.75, 3.05) is 51.9 Å². The molecule has 2 rings (SSSR count). The molecule has 1 aliphatic heterocycles. The molecule has 1 aliphatic rings. The van der Waals surface area contributed by atoms with Gasteiger partial charge >= 0.3 is 0 Å². The molecule has 0 radical (unpaired) electrons. The number of guanidine groups is 1. The smallest absolute Gasteiger partial charge is 0.191 e. The lowest BCUT2D eigenvalue weighted by atomic mass is 9.84. The summed E-state index contributed by atoms with van der Waals surface area (Å²) in [7, 11) is 4.07. The van der Waals surface area contributed by atoms with E-state index < -0.39 is 0 Å². The fourth-order valence-electron chi connectivity index (χ4n) is 2.99. The van der Waals surface area contributed by atoms with E-state index in [2.05, 4.69) is 51.7 Å². The van der Waals surface area contributed by atoms with Gasteiger partial charge in [0.15, 0.2) is 5.96 Å².